The standard InChI is InChI=1S/C16H23N3O4S/c1-4-18(5-2)24(22,23)14-8-6-13(7-9-14)16(21)19-11-10-17-15(20)12(19)3/h6-9,12H,4-5,10-11H2,1-3H3,(H,17,20). The van der Waals surface area contributed by atoms with Gasteiger partial charge in [0.1, 0.15) is 6.04 Å². The molecule has 2 amide bonds. The largest absolute Gasteiger partial charge is 0.353 e. The minimum atomic E-state index is -3.54. The van der Waals surface area contributed by atoms with Crippen molar-refractivity contribution in [3.63, 3.8) is 0 Å². The van der Waals surface area contributed by atoms with Crippen LogP contribution in [-0.4, -0.2) is 61.7 Å². The lowest BCUT2D eigenvalue weighted by Crippen LogP contribution is -2.55. The van der Waals surface area contributed by atoms with E-state index in [4.69, 9.17) is 0 Å². The maximum Gasteiger partial charge on any atom is 0.254 e. The maximum absolute atomic E-state index is 12.5. The summed E-state index contributed by atoms with van der Waals surface area (Å²) in [5, 5.41) is 2.70. The van der Waals surface area contributed by atoms with Gasteiger partial charge in [0.05, 0.1) is 4.90 Å². The summed E-state index contributed by atoms with van der Waals surface area (Å²) in [6.07, 6.45) is 0. The van der Waals surface area contributed by atoms with E-state index in [0.717, 1.165) is 0 Å². The molecule has 0 saturated carbocycles. The van der Waals surface area contributed by atoms with E-state index in [0.29, 0.717) is 31.7 Å². The molecule has 0 aliphatic carbocycles. The fourth-order valence-corrected chi connectivity index (χ4v) is 4.17. The molecule has 1 N–H and O–H groups in total. The molecular weight excluding hydrogens is 330 g/mol. The second-order valence-corrected chi connectivity index (χ2v) is 7.52. The van der Waals surface area contributed by atoms with Crippen LogP contribution in [0, 0.1) is 0 Å². The summed E-state index contributed by atoms with van der Waals surface area (Å²) in [7, 11) is -3.54. The van der Waals surface area contributed by atoms with Gasteiger partial charge in [-0.15, -0.1) is 0 Å². The molecule has 1 heterocycles. The second kappa shape index (κ2) is 7.31. The Morgan fingerprint density at radius 2 is 1.83 bits per heavy atom. The molecule has 8 heteroatoms. The highest BCUT2D eigenvalue weighted by atomic mass is 32.2. The average molecular weight is 353 g/mol. The minimum absolute atomic E-state index is 0.159. The zero-order valence-electron chi connectivity index (χ0n) is 14.2. The predicted molar refractivity (Wildman–Crippen MR) is 90.1 cm³/mol. The highest BCUT2D eigenvalue weighted by Crippen LogP contribution is 2.18. The van der Waals surface area contributed by atoms with Crippen LogP contribution >= 0.6 is 0 Å². The Hall–Kier alpha value is -1.93. The molecule has 1 unspecified atom stereocenters. The monoisotopic (exact) mass is 353 g/mol. The fraction of sp³-hybridized carbons (Fsp3) is 0.500. The molecule has 0 bridgehead atoms. The van der Waals surface area contributed by atoms with E-state index in [2.05, 4.69) is 5.32 Å². The van der Waals surface area contributed by atoms with E-state index in [1.807, 2.05) is 0 Å². The Balaban J connectivity index is 2.23. The van der Waals surface area contributed by atoms with Crippen molar-refractivity contribution in [2.24, 2.45) is 0 Å². The highest BCUT2D eigenvalue weighted by molar-refractivity contribution is 7.89. The molecule has 1 fully saturated rings. The molecule has 7 nitrogen and oxygen atoms in total. The minimum Gasteiger partial charge on any atom is -0.353 e. The first-order valence-corrected chi connectivity index (χ1v) is 9.45. The van der Waals surface area contributed by atoms with Crippen molar-refractivity contribution in [3.05, 3.63) is 29.8 Å². The van der Waals surface area contributed by atoms with E-state index < -0.39 is 16.1 Å². The first-order chi connectivity index (χ1) is 11.3. The summed E-state index contributed by atoms with van der Waals surface area (Å²) >= 11 is 0. The Morgan fingerprint density at radius 1 is 1.25 bits per heavy atom. The molecule has 132 valence electrons. The number of hydrogen-bond donors (Lipinski definition) is 1. The van der Waals surface area contributed by atoms with E-state index >= 15 is 0 Å². The molecule has 1 aliphatic heterocycles. The first-order valence-electron chi connectivity index (χ1n) is 8.01. The average Bonchev–Trinajstić information content (AvgIpc) is 2.58. The van der Waals surface area contributed by atoms with Gasteiger partial charge in [-0.1, -0.05) is 13.8 Å². The number of rotatable bonds is 5. The summed E-state index contributed by atoms with van der Waals surface area (Å²) in [5.41, 5.74) is 0.370. The summed E-state index contributed by atoms with van der Waals surface area (Å²) in [5.74, 6) is -0.459. The molecular formula is C16H23N3O4S. The van der Waals surface area contributed by atoms with Gasteiger partial charge >= 0.3 is 0 Å². The lowest BCUT2D eigenvalue weighted by molar-refractivity contribution is -0.127. The van der Waals surface area contributed by atoms with E-state index in [1.165, 1.54) is 33.5 Å². The fourth-order valence-electron chi connectivity index (χ4n) is 2.71. The van der Waals surface area contributed by atoms with E-state index in [9.17, 15) is 18.0 Å². The molecule has 1 atom stereocenters. The lowest BCUT2D eigenvalue weighted by Gasteiger charge is -2.32. The molecule has 1 aliphatic rings. The van der Waals surface area contributed by atoms with E-state index in [-0.39, 0.29) is 16.7 Å². The topological polar surface area (TPSA) is 86.8 Å². The van der Waals surface area contributed by atoms with Crippen molar-refractivity contribution >= 4 is 21.8 Å². The van der Waals surface area contributed by atoms with Gasteiger partial charge in [-0.25, -0.2) is 8.42 Å². The molecule has 1 aromatic carbocycles. The smallest absolute Gasteiger partial charge is 0.254 e. The van der Waals surface area contributed by atoms with Crippen LogP contribution < -0.4 is 5.32 Å². The van der Waals surface area contributed by atoms with Gasteiger partial charge in [0, 0.05) is 31.7 Å². The normalized spacial score (nSPS) is 18.6. The Labute approximate surface area is 142 Å². The van der Waals surface area contributed by atoms with Crippen LogP contribution in [0.3, 0.4) is 0 Å². The Bertz CT molecular complexity index is 711. The van der Waals surface area contributed by atoms with Crippen molar-refractivity contribution in [1.29, 1.82) is 0 Å². The number of sulfonamides is 1. The van der Waals surface area contributed by atoms with Crippen LogP contribution in [0.25, 0.3) is 0 Å². The number of benzene rings is 1. The molecule has 1 saturated heterocycles. The SMILES string of the molecule is CCN(CC)S(=O)(=O)c1ccc(C(=O)N2CCNC(=O)C2C)cc1. The third-order valence-electron chi connectivity index (χ3n) is 4.20. The van der Waals surface area contributed by atoms with Gasteiger partial charge in [0.15, 0.2) is 0 Å². The molecule has 1 aromatic rings. The van der Waals surface area contributed by atoms with Gasteiger partial charge in [-0.3, -0.25) is 9.59 Å². The summed E-state index contributed by atoms with van der Waals surface area (Å²) in [6, 6.07) is 5.34. The number of amides is 2. The van der Waals surface area contributed by atoms with Crippen LogP contribution in [0.4, 0.5) is 0 Å². The number of hydrogen-bond acceptors (Lipinski definition) is 4. The number of piperazine rings is 1. The van der Waals surface area contributed by atoms with Crippen LogP contribution in [0.1, 0.15) is 31.1 Å². The zero-order valence-corrected chi connectivity index (χ0v) is 15.0. The van der Waals surface area contributed by atoms with Gasteiger partial charge in [0.25, 0.3) is 5.91 Å². The van der Waals surface area contributed by atoms with Crippen molar-refractivity contribution in [2.75, 3.05) is 26.2 Å². The van der Waals surface area contributed by atoms with Crippen LogP contribution in [0.2, 0.25) is 0 Å². The van der Waals surface area contributed by atoms with Crippen molar-refractivity contribution in [2.45, 2.75) is 31.7 Å². The third kappa shape index (κ3) is 3.44. The van der Waals surface area contributed by atoms with Crippen molar-refractivity contribution < 1.29 is 18.0 Å². The quantitative estimate of drug-likeness (QED) is 0.843. The zero-order chi connectivity index (χ0) is 17.9. The van der Waals surface area contributed by atoms with Crippen molar-refractivity contribution in [1.82, 2.24) is 14.5 Å². The van der Waals surface area contributed by atoms with Gasteiger partial charge in [-0.05, 0) is 31.2 Å². The van der Waals surface area contributed by atoms with Crippen LogP contribution in [0.15, 0.2) is 29.2 Å². The molecule has 0 spiro atoms. The molecule has 2 rings (SSSR count). The molecule has 0 radical (unpaired) electrons. The van der Waals surface area contributed by atoms with Crippen LogP contribution in [0.5, 0.6) is 0 Å². The highest BCUT2D eigenvalue weighted by Gasteiger charge is 2.30. The van der Waals surface area contributed by atoms with E-state index in [1.54, 1.807) is 20.8 Å². The maximum atomic E-state index is 12.5. The Morgan fingerprint density at radius 3 is 2.38 bits per heavy atom. The second-order valence-electron chi connectivity index (χ2n) is 5.58. The number of nitrogens with one attached hydrogen (secondary N) is 1. The Kier molecular flexibility index (Phi) is 5.61. The van der Waals surface area contributed by atoms with Gasteiger partial charge < -0.3 is 10.2 Å². The van der Waals surface area contributed by atoms with Crippen LogP contribution in [-0.2, 0) is 14.8 Å². The summed E-state index contributed by atoms with van der Waals surface area (Å²) < 4.78 is 26.3. The molecule has 24 heavy (non-hydrogen) atoms. The summed E-state index contributed by atoms with van der Waals surface area (Å²) in [4.78, 5) is 25.9. The summed E-state index contributed by atoms with van der Waals surface area (Å²) in [6.45, 7) is 6.86. The lowest BCUT2D eigenvalue weighted by atomic mass is 10.1. The first kappa shape index (κ1) is 18.4. The van der Waals surface area contributed by atoms with Gasteiger partial charge in [0.2, 0.25) is 15.9 Å². The number of carbonyl (C=O) groups excluding carboxylic acids is 2. The van der Waals surface area contributed by atoms with Gasteiger partial charge in [-0.2, -0.15) is 4.31 Å². The predicted octanol–water partition coefficient (Wildman–Crippen LogP) is 0.678. The van der Waals surface area contributed by atoms with Crippen molar-refractivity contribution in [3.8, 4) is 0 Å². The number of carbonyl (C=O) groups is 2. The molecule has 0 aromatic heterocycles. The third-order valence-corrected chi connectivity index (χ3v) is 6.27. The number of nitrogens with zero attached hydrogens (tertiary/aromatic N) is 2.